The van der Waals surface area contributed by atoms with Gasteiger partial charge in [0, 0.05) is 22.3 Å². The molecule has 1 rings (SSSR count). The number of rotatable bonds is 6. The molecule has 0 aliphatic rings. The summed E-state index contributed by atoms with van der Waals surface area (Å²) in [4.78, 5) is 0. The summed E-state index contributed by atoms with van der Waals surface area (Å²) in [6.07, 6.45) is 2.49. The molecular weight excluding hydrogens is 293 g/mol. The van der Waals surface area contributed by atoms with Crippen molar-refractivity contribution in [1.29, 1.82) is 0 Å². The Hall–Kier alpha value is -0.290. The summed E-state index contributed by atoms with van der Waals surface area (Å²) >= 11 is 11.9. The summed E-state index contributed by atoms with van der Waals surface area (Å²) in [6.45, 7) is 0. The van der Waals surface area contributed by atoms with Gasteiger partial charge >= 0.3 is 0 Å². The van der Waals surface area contributed by atoms with Gasteiger partial charge in [-0.25, -0.2) is 8.42 Å². The summed E-state index contributed by atoms with van der Waals surface area (Å²) < 4.78 is 22.3. The number of nitrogens with one attached hydrogen (secondary N) is 1. The second-order valence-corrected chi connectivity index (χ2v) is 7.45. The molecule has 1 aromatic rings. The second kappa shape index (κ2) is 6.75. The van der Waals surface area contributed by atoms with E-state index in [1.54, 1.807) is 12.1 Å². The zero-order chi connectivity index (χ0) is 13.8. The summed E-state index contributed by atoms with van der Waals surface area (Å²) in [7, 11) is -1.12. The fraction of sp³-hybridized carbons (Fsp3) is 0.500. The molecule has 1 aromatic carbocycles. The van der Waals surface area contributed by atoms with Crippen molar-refractivity contribution in [2.24, 2.45) is 0 Å². The summed E-state index contributed by atoms with van der Waals surface area (Å²) in [5.74, 6) is 0.170. The number of hydrogen-bond acceptors (Lipinski definition) is 3. The van der Waals surface area contributed by atoms with Crippen LogP contribution in [0.15, 0.2) is 18.2 Å². The molecule has 1 N–H and O–H groups in total. The lowest BCUT2D eigenvalue weighted by atomic mass is 10.0. The first-order valence-electron chi connectivity index (χ1n) is 5.60. The quantitative estimate of drug-likeness (QED) is 0.878. The number of likely N-dealkylation sites (N-methyl/N-ethyl adjacent to an activating group) is 1. The van der Waals surface area contributed by atoms with Crippen LogP contribution in [-0.4, -0.2) is 33.5 Å². The standard InChI is InChI=1S/C12H17Cl2NO2S/c1-15-11(5-6-18(2,16)17)7-9-3-4-10(13)8-12(9)14/h3-4,8,11,15H,5-7H2,1-2H3. The van der Waals surface area contributed by atoms with E-state index in [2.05, 4.69) is 5.32 Å². The van der Waals surface area contributed by atoms with Crippen LogP contribution in [0.3, 0.4) is 0 Å². The average molecular weight is 310 g/mol. The zero-order valence-corrected chi connectivity index (χ0v) is 12.7. The van der Waals surface area contributed by atoms with Crippen molar-refractivity contribution in [2.45, 2.75) is 18.9 Å². The van der Waals surface area contributed by atoms with E-state index < -0.39 is 9.84 Å². The van der Waals surface area contributed by atoms with Crippen molar-refractivity contribution in [3.8, 4) is 0 Å². The largest absolute Gasteiger partial charge is 0.317 e. The molecule has 0 saturated carbocycles. The summed E-state index contributed by atoms with van der Waals surface area (Å²) in [5.41, 5.74) is 0.967. The minimum Gasteiger partial charge on any atom is -0.317 e. The van der Waals surface area contributed by atoms with Crippen LogP contribution in [0.4, 0.5) is 0 Å². The van der Waals surface area contributed by atoms with Crippen LogP contribution in [0, 0.1) is 0 Å². The molecule has 0 radical (unpaired) electrons. The SMILES string of the molecule is CNC(CCS(C)(=O)=O)Cc1ccc(Cl)cc1Cl. The van der Waals surface area contributed by atoms with Crippen LogP contribution in [0.2, 0.25) is 10.0 Å². The first-order chi connectivity index (χ1) is 8.31. The van der Waals surface area contributed by atoms with E-state index in [0.717, 1.165) is 5.56 Å². The van der Waals surface area contributed by atoms with Crippen LogP contribution in [0.25, 0.3) is 0 Å². The van der Waals surface area contributed by atoms with Crippen molar-refractivity contribution in [2.75, 3.05) is 19.1 Å². The third-order valence-electron chi connectivity index (χ3n) is 2.73. The Morgan fingerprint density at radius 1 is 1.33 bits per heavy atom. The summed E-state index contributed by atoms with van der Waals surface area (Å²) in [5, 5.41) is 4.32. The fourth-order valence-electron chi connectivity index (χ4n) is 1.66. The molecule has 6 heteroatoms. The van der Waals surface area contributed by atoms with Crippen LogP contribution >= 0.6 is 23.2 Å². The van der Waals surface area contributed by atoms with Gasteiger partial charge in [0.15, 0.2) is 0 Å². The van der Waals surface area contributed by atoms with Crippen LogP contribution in [-0.2, 0) is 16.3 Å². The van der Waals surface area contributed by atoms with Gasteiger partial charge in [-0.3, -0.25) is 0 Å². The van der Waals surface area contributed by atoms with Crippen LogP contribution in [0.1, 0.15) is 12.0 Å². The molecule has 0 aromatic heterocycles. The molecule has 0 aliphatic heterocycles. The minimum atomic E-state index is -2.93. The maximum atomic E-state index is 11.1. The Morgan fingerprint density at radius 3 is 2.50 bits per heavy atom. The number of benzene rings is 1. The highest BCUT2D eigenvalue weighted by Crippen LogP contribution is 2.22. The number of halogens is 2. The van der Waals surface area contributed by atoms with E-state index in [-0.39, 0.29) is 11.8 Å². The number of sulfone groups is 1. The van der Waals surface area contributed by atoms with Gasteiger partial charge in [-0.2, -0.15) is 0 Å². The molecule has 0 bridgehead atoms. The van der Waals surface area contributed by atoms with Crippen molar-refractivity contribution < 1.29 is 8.42 Å². The van der Waals surface area contributed by atoms with E-state index in [9.17, 15) is 8.42 Å². The van der Waals surface area contributed by atoms with Gasteiger partial charge in [0.05, 0.1) is 5.75 Å². The molecular formula is C12H17Cl2NO2S. The molecule has 0 heterocycles. The number of hydrogen-bond donors (Lipinski definition) is 1. The van der Waals surface area contributed by atoms with Crippen LogP contribution in [0.5, 0.6) is 0 Å². The highest BCUT2D eigenvalue weighted by molar-refractivity contribution is 7.90. The molecule has 0 saturated heterocycles. The normalized spacial score (nSPS) is 13.6. The van der Waals surface area contributed by atoms with Crippen molar-refractivity contribution in [1.82, 2.24) is 5.32 Å². The van der Waals surface area contributed by atoms with Gasteiger partial charge < -0.3 is 5.32 Å². The highest BCUT2D eigenvalue weighted by Gasteiger charge is 2.13. The topological polar surface area (TPSA) is 46.2 Å². The molecule has 3 nitrogen and oxygen atoms in total. The predicted octanol–water partition coefficient (Wildman–Crippen LogP) is 2.56. The van der Waals surface area contributed by atoms with Gasteiger partial charge in [0.1, 0.15) is 9.84 Å². The lowest BCUT2D eigenvalue weighted by molar-refractivity contribution is 0.534. The van der Waals surface area contributed by atoms with E-state index in [1.165, 1.54) is 6.26 Å². The molecule has 1 unspecified atom stereocenters. The monoisotopic (exact) mass is 309 g/mol. The highest BCUT2D eigenvalue weighted by atomic mass is 35.5. The smallest absolute Gasteiger partial charge is 0.147 e. The Labute approximate surface area is 118 Å². The maximum absolute atomic E-state index is 11.1. The van der Waals surface area contributed by atoms with Gasteiger partial charge in [-0.15, -0.1) is 0 Å². The van der Waals surface area contributed by atoms with Crippen molar-refractivity contribution >= 4 is 33.0 Å². The minimum absolute atomic E-state index is 0.0819. The van der Waals surface area contributed by atoms with Gasteiger partial charge in [0.2, 0.25) is 0 Å². The third kappa shape index (κ3) is 5.57. The van der Waals surface area contributed by atoms with E-state index in [1.807, 2.05) is 13.1 Å². The molecule has 0 spiro atoms. The van der Waals surface area contributed by atoms with Gasteiger partial charge in [0.25, 0.3) is 0 Å². The molecule has 1 atom stereocenters. The molecule has 102 valence electrons. The first-order valence-corrected chi connectivity index (χ1v) is 8.42. The van der Waals surface area contributed by atoms with E-state index in [4.69, 9.17) is 23.2 Å². The average Bonchev–Trinajstić information content (AvgIpc) is 2.25. The lowest BCUT2D eigenvalue weighted by Gasteiger charge is -2.16. The molecule has 0 fully saturated rings. The molecule has 0 aliphatic carbocycles. The fourth-order valence-corrected chi connectivity index (χ4v) is 2.86. The molecule has 18 heavy (non-hydrogen) atoms. The zero-order valence-electron chi connectivity index (χ0n) is 10.4. The Balaban J connectivity index is 2.68. The Kier molecular flexibility index (Phi) is 5.92. The second-order valence-electron chi connectivity index (χ2n) is 4.34. The van der Waals surface area contributed by atoms with Gasteiger partial charge in [-0.1, -0.05) is 29.3 Å². The first kappa shape index (κ1) is 15.8. The van der Waals surface area contributed by atoms with E-state index in [0.29, 0.717) is 22.9 Å². The Bertz CT molecular complexity index is 503. The lowest BCUT2D eigenvalue weighted by Crippen LogP contribution is -2.30. The van der Waals surface area contributed by atoms with Crippen LogP contribution < -0.4 is 5.32 Å². The molecule has 0 amide bonds. The van der Waals surface area contributed by atoms with Crippen molar-refractivity contribution in [3.05, 3.63) is 33.8 Å². The summed E-state index contributed by atoms with van der Waals surface area (Å²) in [6, 6.07) is 5.43. The van der Waals surface area contributed by atoms with E-state index >= 15 is 0 Å². The predicted molar refractivity (Wildman–Crippen MR) is 77.3 cm³/mol. The third-order valence-corrected chi connectivity index (χ3v) is 4.29. The van der Waals surface area contributed by atoms with Crippen molar-refractivity contribution in [3.63, 3.8) is 0 Å². The Morgan fingerprint density at radius 2 is 2.00 bits per heavy atom. The maximum Gasteiger partial charge on any atom is 0.147 e. The van der Waals surface area contributed by atoms with Gasteiger partial charge in [-0.05, 0) is 37.6 Å².